The van der Waals surface area contributed by atoms with Gasteiger partial charge in [0.25, 0.3) is 11.8 Å². The van der Waals surface area contributed by atoms with Crippen molar-refractivity contribution in [2.24, 2.45) is 5.10 Å². The van der Waals surface area contributed by atoms with Gasteiger partial charge in [-0.2, -0.15) is 25.5 Å². The number of fused-ring (bicyclic) bond motifs is 1. The van der Waals surface area contributed by atoms with E-state index in [0.717, 1.165) is 11.1 Å². The molecule has 0 fully saturated rings. The van der Waals surface area contributed by atoms with Crippen LogP contribution in [-0.4, -0.2) is 63.0 Å². The fraction of sp³-hybridized carbons (Fsp3) is 0.216. The van der Waals surface area contributed by atoms with Crippen LogP contribution in [0.1, 0.15) is 48.2 Å². The summed E-state index contributed by atoms with van der Waals surface area (Å²) in [6.45, 7) is 7.25. The second-order valence-electron chi connectivity index (χ2n) is 11.5. The summed E-state index contributed by atoms with van der Waals surface area (Å²) >= 11 is 0. The van der Waals surface area contributed by atoms with Crippen molar-refractivity contribution in [1.82, 2.24) is 20.3 Å². The standard InChI is InChI=1S/C24H28N4O4.C13H9N3O2/c1-6-20(32-21-11-10-15(2)12-16(21)3)24(31)25-18-8-7-9-19(13-18)28-23(30)14-22(26-28)27(5)17(4)29;17-13(18-10-4-2-1-3-5-10)9-6-7-11-12(8-9)15-16-14-11/h7-13,20H,6,14H2,1-5H3,(H,25,31);1-8H,(H,14,15,16). The van der Waals surface area contributed by atoms with Crippen molar-refractivity contribution in [3.05, 3.63) is 108 Å². The number of aromatic amines is 1. The summed E-state index contributed by atoms with van der Waals surface area (Å²) in [7, 11) is 1.58. The molecule has 4 aromatic carbocycles. The van der Waals surface area contributed by atoms with E-state index >= 15 is 0 Å². The number of esters is 1. The Morgan fingerprint density at radius 2 is 1.70 bits per heavy atom. The van der Waals surface area contributed by atoms with Gasteiger partial charge in [-0.15, -0.1) is 0 Å². The molecule has 13 heteroatoms. The van der Waals surface area contributed by atoms with E-state index in [1.807, 2.05) is 57.2 Å². The van der Waals surface area contributed by atoms with E-state index in [0.29, 0.717) is 51.7 Å². The molecule has 256 valence electrons. The number of aryl methyl sites for hydroxylation is 2. The lowest BCUT2D eigenvalue weighted by molar-refractivity contribution is -0.124. The smallest absolute Gasteiger partial charge is 0.343 e. The maximum absolute atomic E-state index is 12.9. The first-order valence-corrected chi connectivity index (χ1v) is 15.9. The fourth-order valence-corrected chi connectivity index (χ4v) is 4.95. The Labute approximate surface area is 288 Å². The van der Waals surface area contributed by atoms with Crippen molar-refractivity contribution in [3.63, 3.8) is 0 Å². The number of para-hydroxylation sites is 1. The van der Waals surface area contributed by atoms with Gasteiger partial charge in [-0.3, -0.25) is 14.4 Å². The zero-order chi connectivity index (χ0) is 35.8. The van der Waals surface area contributed by atoms with Crippen LogP contribution < -0.4 is 19.8 Å². The summed E-state index contributed by atoms with van der Waals surface area (Å²) in [6, 6.07) is 26.6. The van der Waals surface area contributed by atoms with Crippen molar-refractivity contribution < 1.29 is 28.7 Å². The lowest BCUT2D eigenvalue weighted by Gasteiger charge is -2.19. The summed E-state index contributed by atoms with van der Waals surface area (Å²) in [4.78, 5) is 50.1. The van der Waals surface area contributed by atoms with Gasteiger partial charge in [0.15, 0.2) is 6.10 Å². The van der Waals surface area contributed by atoms with Crippen LogP contribution in [0.15, 0.2) is 96.1 Å². The predicted molar refractivity (Wildman–Crippen MR) is 189 cm³/mol. The molecule has 0 bridgehead atoms. The van der Waals surface area contributed by atoms with E-state index in [1.54, 1.807) is 61.6 Å². The van der Waals surface area contributed by atoms with Gasteiger partial charge in [0.2, 0.25) is 5.91 Å². The highest BCUT2D eigenvalue weighted by atomic mass is 16.5. The van der Waals surface area contributed by atoms with E-state index in [2.05, 4.69) is 25.8 Å². The molecule has 6 rings (SSSR count). The summed E-state index contributed by atoms with van der Waals surface area (Å²) in [6.07, 6.45) is -0.134. The molecule has 1 aliphatic heterocycles. The van der Waals surface area contributed by atoms with E-state index in [-0.39, 0.29) is 24.1 Å². The number of nitrogens with one attached hydrogen (secondary N) is 2. The van der Waals surface area contributed by atoms with Crippen LogP contribution in [0.3, 0.4) is 0 Å². The van der Waals surface area contributed by atoms with Crippen molar-refractivity contribution in [2.75, 3.05) is 17.4 Å². The molecule has 3 amide bonds. The third kappa shape index (κ3) is 8.55. The third-order valence-corrected chi connectivity index (χ3v) is 7.75. The minimum atomic E-state index is -0.665. The van der Waals surface area contributed by atoms with Crippen molar-refractivity contribution in [2.45, 2.75) is 46.6 Å². The zero-order valence-electron chi connectivity index (χ0n) is 28.3. The molecule has 2 N–H and O–H groups in total. The van der Waals surface area contributed by atoms with Crippen LogP contribution in [0.5, 0.6) is 11.5 Å². The molecule has 1 aromatic heterocycles. The Balaban J connectivity index is 0.000000226. The molecule has 0 spiro atoms. The van der Waals surface area contributed by atoms with Gasteiger partial charge in [0.1, 0.15) is 28.4 Å². The van der Waals surface area contributed by atoms with E-state index < -0.39 is 12.1 Å². The number of carbonyl (C=O) groups excluding carboxylic acids is 4. The summed E-state index contributed by atoms with van der Waals surface area (Å²) in [5, 5.41) is 18.7. The first-order chi connectivity index (χ1) is 24.0. The molecule has 1 unspecified atom stereocenters. The number of hydrazone groups is 1. The summed E-state index contributed by atoms with van der Waals surface area (Å²) in [5.41, 5.74) is 4.91. The number of anilines is 2. The highest BCUT2D eigenvalue weighted by Gasteiger charge is 2.29. The second-order valence-corrected chi connectivity index (χ2v) is 11.5. The zero-order valence-corrected chi connectivity index (χ0v) is 28.3. The van der Waals surface area contributed by atoms with Gasteiger partial charge < -0.3 is 19.7 Å². The molecule has 5 aromatic rings. The Kier molecular flexibility index (Phi) is 11.0. The summed E-state index contributed by atoms with van der Waals surface area (Å²) < 4.78 is 11.2. The molecular formula is C37H37N7O6. The molecule has 0 saturated carbocycles. The minimum absolute atomic E-state index is 0.0360. The largest absolute Gasteiger partial charge is 0.480 e. The first kappa shape index (κ1) is 35.0. The number of H-pyrrole nitrogens is 1. The first-order valence-electron chi connectivity index (χ1n) is 15.9. The van der Waals surface area contributed by atoms with Crippen LogP contribution in [-0.2, 0) is 14.4 Å². The van der Waals surface area contributed by atoms with Crippen molar-refractivity contribution >= 4 is 51.9 Å². The van der Waals surface area contributed by atoms with Crippen LogP contribution in [0.25, 0.3) is 11.0 Å². The highest BCUT2D eigenvalue weighted by molar-refractivity contribution is 6.15. The third-order valence-electron chi connectivity index (χ3n) is 7.75. The Bertz CT molecular complexity index is 2060. The maximum Gasteiger partial charge on any atom is 0.343 e. The normalized spacial score (nSPS) is 12.8. The van der Waals surface area contributed by atoms with E-state index in [4.69, 9.17) is 9.47 Å². The van der Waals surface area contributed by atoms with Crippen LogP contribution in [0.2, 0.25) is 0 Å². The number of rotatable bonds is 8. The lowest BCUT2D eigenvalue weighted by atomic mass is 10.1. The molecule has 0 aliphatic carbocycles. The van der Waals surface area contributed by atoms with Gasteiger partial charge in [-0.1, -0.05) is 48.9 Å². The number of hydrogen-bond donors (Lipinski definition) is 2. The van der Waals surface area contributed by atoms with Gasteiger partial charge in [-0.25, -0.2) is 4.79 Å². The fourth-order valence-electron chi connectivity index (χ4n) is 4.95. The number of amides is 3. The Morgan fingerprint density at radius 3 is 2.42 bits per heavy atom. The number of ether oxygens (including phenoxy) is 2. The number of aromatic nitrogens is 3. The van der Waals surface area contributed by atoms with E-state index in [9.17, 15) is 19.2 Å². The molecule has 50 heavy (non-hydrogen) atoms. The second kappa shape index (κ2) is 15.7. The van der Waals surface area contributed by atoms with Gasteiger partial charge in [-0.05, 0) is 80.4 Å². The molecule has 13 nitrogen and oxygen atoms in total. The topological polar surface area (TPSA) is 159 Å². The predicted octanol–water partition coefficient (Wildman–Crippen LogP) is 5.81. The van der Waals surface area contributed by atoms with Crippen LogP contribution in [0, 0.1) is 13.8 Å². The summed E-state index contributed by atoms with van der Waals surface area (Å²) in [5.74, 6) is 0.428. The minimum Gasteiger partial charge on any atom is -0.480 e. The maximum atomic E-state index is 12.9. The number of carbonyl (C=O) groups is 4. The quantitative estimate of drug-likeness (QED) is 0.154. The number of nitrogens with zero attached hydrogens (tertiary/aromatic N) is 5. The van der Waals surface area contributed by atoms with Crippen LogP contribution in [0.4, 0.5) is 11.4 Å². The molecule has 2 heterocycles. The van der Waals surface area contributed by atoms with E-state index in [1.165, 1.54) is 16.8 Å². The highest BCUT2D eigenvalue weighted by Crippen LogP contribution is 2.26. The number of hydrogen-bond acceptors (Lipinski definition) is 9. The van der Waals surface area contributed by atoms with Crippen LogP contribution >= 0.6 is 0 Å². The Hall–Kier alpha value is -6.37. The molecular weight excluding hydrogens is 638 g/mol. The molecule has 0 radical (unpaired) electrons. The van der Waals surface area contributed by atoms with Crippen molar-refractivity contribution in [3.8, 4) is 11.5 Å². The number of benzene rings is 4. The average molecular weight is 676 g/mol. The van der Waals surface area contributed by atoms with Gasteiger partial charge in [0, 0.05) is 19.7 Å². The SMILES string of the molecule is CCC(Oc1ccc(C)cc1C)C(=O)Nc1cccc(N2N=C(N(C)C(C)=O)CC2=O)c1.O=C(Oc1ccccc1)c1ccc2n[nH]nc2c1. The lowest BCUT2D eigenvalue weighted by Crippen LogP contribution is -2.32. The molecule has 1 atom stereocenters. The monoisotopic (exact) mass is 675 g/mol. The molecule has 1 aliphatic rings. The Morgan fingerprint density at radius 1 is 0.940 bits per heavy atom. The van der Waals surface area contributed by atoms with Gasteiger partial charge >= 0.3 is 5.97 Å². The molecule has 0 saturated heterocycles. The van der Waals surface area contributed by atoms with Crippen molar-refractivity contribution in [1.29, 1.82) is 0 Å². The van der Waals surface area contributed by atoms with Gasteiger partial charge in [0.05, 0.1) is 17.7 Å². The number of amidine groups is 1. The average Bonchev–Trinajstić information content (AvgIpc) is 3.74.